The summed E-state index contributed by atoms with van der Waals surface area (Å²) >= 11 is 0. The Morgan fingerprint density at radius 2 is 1.35 bits per heavy atom. The quantitative estimate of drug-likeness (QED) is 0.188. The van der Waals surface area contributed by atoms with Gasteiger partial charge in [0.15, 0.2) is 20.9 Å². The molecule has 0 N–H and O–H groups in total. The third kappa shape index (κ3) is 4.27. The molecular formula is C29H24FO3S+. The van der Waals surface area contributed by atoms with Crippen molar-refractivity contribution in [1.82, 2.24) is 0 Å². The van der Waals surface area contributed by atoms with Gasteiger partial charge in [0.25, 0.3) is 0 Å². The fraction of sp³-hybridized carbons (Fsp3) is 0.138. The molecule has 0 fully saturated rings. The SMILES string of the molecule is CC(C)(OC(=O)COc1ccc(-[s+]2c3ccccc3c3ccccc32)cc1)c1ccc(F)cc1. The maximum absolute atomic E-state index is 13.2. The molecule has 1 heterocycles. The summed E-state index contributed by atoms with van der Waals surface area (Å²) < 4.78 is 27.1. The molecular weight excluding hydrogens is 447 g/mol. The zero-order chi connectivity index (χ0) is 23.7. The van der Waals surface area contributed by atoms with Crippen LogP contribution in [0.1, 0.15) is 19.4 Å². The van der Waals surface area contributed by atoms with Crippen LogP contribution in [-0.2, 0) is 15.1 Å². The first kappa shape index (κ1) is 22.1. The molecule has 5 aromatic rings. The molecule has 0 aliphatic rings. The summed E-state index contributed by atoms with van der Waals surface area (Å²) in [5.74, 6) is -0.216. The lowest BCUT2D eigenvalue weighted by atomic mass is 9.98. The third-order valence-electron chi connectivity index (χ3n) is 5.83. The first-order valence-electron chi connectivity index (χ1n) is 11.1. The normalized spacial score (nSPS) is 11.6. The fourth-order valence-electron chi connectivity index (χ4n) is 4.15. The minimum atomic E-state index is -0.887. The molecule has 0 atom stereocenters. The van der Waals surface area contributed by atoms with Crippen LogP contribution in [0.15, 0.2) is 97.1 Å². The van der Waals surface area contributed by atoms with E-state index in [2.05, 4.69) is 60.7 Å². The highest BCUT2D eigenvalue weighted by atomic mass is 32.2. The number of carbonyl (C=O) groups is 1. The van der Waals surface area contributed by atoms with Crippen LogP contribution < -0.4 is 4.74 Å². The maximum atomic E-state index is 13.2. The zero-order valence-corrected chi connectivity index (χ0v) is 19.8. The number of halogens is 1. The summed E-state index contributed by atoms with van der Waals surface area (Å²) in [5, 5.41) is 2.57. The standard InChI is InChI=1S/C29H24FO3S/c1-29(2,20-11-13-21(30)14-12-20)33-28(31)19-32-22-15-17-23(18-16-22)34-26-9-5-3-7-24(26)25-8-4-6-10-27(25)34/h3-18H,19H2,1-2H3/q+1. The highest BCUT2D eigenvalue weighted by molar-refractivity contribution is 7.50. The number of esters is 1. The molecule has 0 spiro atoms. The van der Waals surface area contributed by atoms with Crippen LogP contribution in [0.5, 0.6) is 5.75 Å². The molecule has 0 bridgehead atoms. The number of hydrogen-bond acceptors (Lipinski definition) is 3. The minimum absolute atomic E-state index is 0.172. The Morgan fingerprint density at radius 1 is 0.794 bits per heavy atom. The van der Waals surface area contributed by atoms with E-state index in [1.807, 2.05) is 12.1 Å². The second-order valence-electron chi connectivity index (χ2n) is 8.55. The Hall–Kier alpha value is -3.70. The van der Waals surface area contributed by atoms with Crippen molar-refractivity contribution in [3.05, 3.63) is 108 Å². The summed E-state index contributed by atoms with van der Waals surface area (Å²) in [6, 6.07) is 30.9. The van der Waals surface area contributed by atoms with E-state index in [4.69, 9.17) is 9.47 Å². The van der Waals surface area contributed by atoms with Gasteiger partial charge in [-0.2, -0.15) is 0 Å². The molecule has 170 valence electrons. The van der Waals surface area contributed by atoms with E-state index >= 15 is 0 Å². The Morgan fingerprint density at radius 3 is 1.94 bits per heavy atom. The molecule has 0 radical (unpaired) electrons. The smallest absolute Gasteiger partial charge is 0.345 e. The van der Waals surface area contributed by atoms with Gasteiger partial charge in [0.1, 0.15) is 17.2 Å². The summed E-state index contributed by atoms with van der Waals surface area (Å²) in [6.45, 7) is 3.33. The Kier molecular flexibility index (Phi) is 5.80. The van der Waals surface area contributed by atoms with E-state index in [9.17, 15) is 9.18 Å². The van der Waals surface area contributed by atoms with Gasteiger partial charge < -0.3 is 9.47 Å². The predicted molar refractivity (Wildman–Crippen MR) is 136 cm³/mol. The zero-order valence-electron chi connectivity index (χ0n) is 19.0. The van der Waals surface area contributed by atoms with Crippen molar-refractivity contribution in [3.63, 3.8) is 0 Å². The van der Waals surface area contributed by atoms with Crippen molar-refractivity contribution >= 4 is 36.6 Å². The van der Waals surface area contributed by atoms with Crippen molar-refractivity contribution in [2.24, 2.45) is 0 Å². The number of ether oxygens (including phenoxy) is 2. The molecule has 0 aliphatic carbocycles. The van der Waals surface area contributed by atoms with Gasteiger partial charge in [-0.05, 0) is 67.9 Å². The summed E-state index contributed by atoms with van der Waals surface area (Å²) in [4.78, 5) is 13.6. The number of carbonyl (C=O) groups excluding carboxylic acids is 1. The van der Waals surface area contributed by atoms with Gasteiger partial charge in [-0.1, -0.05) is 36.4 Å². The van der Waals surface area contributed by atoms with E-state index in [0.717, 1.165) is 0 Å². The Labute approximate surface area is 200 Å². The second-order valence-corrected chi connectivity index (χ2v) is 10.5. The molecule has 3 nitrogen and oxygen atoms in total. The maximum Gasteiger partial charge on any atom is 0.345 e. The van der Waals surface area contributed by atoms with Gasteiger partial charge in [-0.25, -0.2) is 9.18 Å². The highest BCUT2D eigenvalue weighted by Gasteiger charge is 2.26. The molecule has 34 heavy (non-hydrogen) atoms. The highest BCUT2D eigenvalue weighted by Crippen LogP contribution is 2.48. The summed E-state index contributed by atoms with van der Waals surface area (Å²) in [5.41, 5.74) is -0.174. The van der Waals surface area contributed by atoms with Gasteiger partial charge in [-0.15, -0.1) is 0 Å². The number of thiophene rings is 1. The molecule has 0 aliphatic heterocycles. The van der Waals surface area contributed by atoms with E-state index in [1.54, 1.807) is 26.0 Å². The average Bonchev–Trinajstić information content (AvgIpc) is 3.18. The number of benzene rings is 4. The van der Waals surface area contributed by atoms with Crippen LogP contribution in [0.4, 0.5) is 4.39 Å². The Balaban J connectivity index is 1.31. The lowest BCUT2D eigenvalue weighted by Gasteiger charge is -2.25. The first-order valence-corrected chi connectivity index (χ1v) is 12.3. The number of rotatable bonds is 6. The van der Waals surface area contributed by atoms with Gasteiger partial charge in [0, 0.05) is 33.4 Å². The molecule has 4 aromatic carbocycles. The topological polar surface area (TPSA) is 35.5 Å². The van der Waals surface area contributed by atoms with Crippen LogP contribution in [0.25, 0.3) is 25.1 Å². The molecule has 1 aromatic heterocycles. The van der Waals surface area contributed by atoms with Gasteiger partial charge in [0.2, 0.25) is 0 Å². The monoisotopic (exact) mass is 471 g/mol. The Bertz CT molecular complexity index is 1410. The third-order valence-corrected chi connectivity index (χ3v) is 8.16. The van der Waals surface area contributed by atoms with E-state index < -0.39 is 11.6 Å². The van der Waals surface area contributed by atoms with Crippen LogP contribution in [-0.4, -0.2) is 12.6 Å². The van der Waals surface area contributed by atoms with Gasteiger partial charge in [-0.3, -0.25) is 0 Å². The lowest BCUT2D eigenvalue weighted by Crippen LogP contribution is -2.28. The average molecular weight is 472 g/mol. The van der Waals surface area contributed by atoms with Gasteiger partial charge >= 0.3 is 5.97 Å². The summed E-state index contributed by atoms with van der Waals surface area (Å²) in [6.07, 6.45) is 0. The van der Waals surface area contributed by atoms with E-state index in [1.165, 1.54) is 37.2 Å². The molecule has 0 saturated heterocycles. The molecule has 0 saturated carbocycles. The second kappa shape index (κ2) is 8.92. The van der Waals surface area contributed by atoms with Crippen LogP contribution in [0, 0.1) is 5.82 Å². The van der Waals surface area contributed by atoms with Crippen LogP contribution in [0.3, 0.4) is 0 Å². The summed E-state index contributed by atoms with van der Waals surface area (Å²) in [7, 11) is -0.172. The van der Waals surface area contributed by atoms with Crippen molar-refractivity contribution in [3.8, 4) is 10.6 Å². The molecule has 0 unspecified atom stereocenters. The van der Waals surface area contributed by atoms with Crippen molar-refractivity contribution in [1.29, 1.82) is 0 Å². The predicted octanol–water partition coefficient (Wildman–Crippen LogP) is 7.73. The largest absolute Gasteiger partial charge is 0.482 e. The van der Waals surface area contributed by atoms with Crippen molar-refractivity contribution < 1.29 is 18.7 Å². The fourth-order valence-corrected chi connectivity index (χ4v) is 6.52. The van der Waals surface area contributed by atoms with Gasteiger partial charge in [0.05, 0.1) is 0 Å². The molecule has 0 amide bonds. The van der Waals surface area contributed by atoms with E-state index in [0.29, 0.717) is 11.3 Å². The lowest BCUT2D eigenvalue weighted by molar-refractivity contribution is -0.159. The molecule has 5 heteroatoms. The minimum Gasteiger partial charge on any atom is -0.482 e. The van der Waals surface area contributed by atoms with Crippen LogP contribution >= 0.6 is 10.5 Å². The molecule has 5 rings (SSSR count). The van der Waals surface area contributed by atoms with E-state index in [-0.39, 0.29) is 22.9 Å². The number of fused-ring (bicyclic) bond motifs is 3. The van der Waals surface area contributed by atoms with Crippen molar-refractivity contribution in [2.45, 2.75) is 19.4 Å². The van der Waals surface area contributed by atoms with Crippen LogP contribution in [0.2, 0.25) is 0 Å². The first-order chi connectivity index (χ1) is 16.4. The van der Waals surface area contributed by atoms with Crippen molar-refractivity contribution in [2.75, 3.05) is 6.61 Å². The number of hydrogen-bond donors (Lipinski definition) is 0.